The summed E-state index contributed by atoms with van der Waals surface area (Å²) < 4.78 is 0. The first kappa shape index (κ1) is 16.4. The molecule has 1 aromatic carbocycles. The monoisotopic (exact) mass is 347 g/mol. The number of carbonyl (C=O) groups is 3. The van der Waals surface area contributed by atoms with Crippen LogP contribution in [0.25, 0.3) is 10.9 Å². The van der Waals surface area contributed by atoms with Crippen molar-refractivity contribution in [1.29, 1.82) is 0 Å². The van der Waals surface area contributed by atoms with Gasteiger partial charge in [-0.3, -0.25) is 9.59 Å². The van der Waals surface area contributed by atoms with Gasteiger partial charge in [-0.25, -0.2) is 4.79 Å². The molecule has 1 aromatic heterocycles. The third-order valence-corrected chi connectivity index (χ3v) is 5.18. The summed E-state index contributed by atoms with van der Waals surface area (Å²) in [6.45, 7) is -0.270. The first-order valence-electron chi connectivity index (χ1n) is 7.48. The molecule has 1 unspecified atom stereocenters. The summed E-state index contributed by atoms with van der Waals surface area (Å²) in [6, 6.07) is 9.17. The van der Waals surface area contributed by atoms with Crippen molar-refractivity contribution in [1.82, 2.24) is 15.6 Å². The molecule has 1 aliphatic rings. The van der Waals surface area contributed by atoms with Crippen molar-refractivity contribution in [2.24, 2.45) is 0 Å². The van der Waals surface area contributed by atoms with Crippen molar-refractivity contribution in [2.45, 2.75) is 12.0 Å². The third kappa shape index (κ3) is 3.23. The number of aliphatic carboxylic acids is 1. The zero-order chi connectivity index (χ0) is 17.2. The van der Waals surface area contributed by atoms with Crippen LogP contribution >= 0.6 is 11.8 Å². The zero-order valence-electron chi connectivity index (χ0n) is 12.8. The van der Waals surface area contributed by atoms with Crippen molar-refractivity contribution >= 4 is 40.4 Å². The molecule has 1 saturated heterocycles. The van der Waals surface area contributed by atoms with Crippen LogP contribution in [0.5, 0.6) is 0 Å². The van der Waals surface area contributed by atoms with Gasteiger partial charge in [-0.05, 0) is 24.3 Å². The van der Waals surface area contributed by atoms with Gasteiger partial charge in [0, 0.05) is 16.7 Å². The maximum atomic E-state index is 12.1. The van der Waals surface area contributed by atoms with E-state index in [4.69, 9.17) is 0 Å². The van der Waals surface area contributed by atoms with Crippen molar-refractivity contribution in [3.05, 3.63) is 36.0 Å². The van der Waals surface area contributed by atoms with E-state index in [0.717, 1.165) is 10.9 Å². The molecule has 2 amide bonds. The Morgan fingerprint density at radius 2 is 2.08 bits per heavy atom. The molecular formula is C16H17N3O4S. The van der Waals surface area contributed by atoms with E-state index < -0.39 is 23.3 Å². The second-order valence-electron chi connectivity index (χ2n) is 5.69. The smallest absolute Gasteiger partial charge is 0.330 e. The Morgan fingerprint density at radius 1 is 1.29 bits per heavy atom. The molecule has 24 heavy (non-hydrogen) atoms. The minimum Gasteiger partial charge on any atom is -0.479 e. The van der Waals surface area contributed by atoms with Crippen LogP contribution in [0, 0.1) is 0 Å². The van der Waals surface area contributed by atoms with E-state index in [1.54, 1.807) is 6.07 Å². The number of hydrogen-bond acceptors (Lipinski definition) is 4. The van der Waals surface area contributed by atoms with Gasteiger partial charge >= 0.3 is 5.97 Å². The first-order valence-corrected chi connectivity index (χ1v) is 8.64. The number of nitrogens with one attached hydrogen (secondary N) is 3. The minimum atomic E-state index is -1.23. The van der Waals surface area contributed by atoms with E-state index in [1.807, 2.05) is 24.3 Å². The molecule has 0 spiro atoms. The van der Waals surface area contributed by atoms with Crippen LogP contribution in [0.2, 0.25) is 0 Å². The highest BCUT2D eigenvalue weighted by molar-refractivity contribution is 7.99. The number of rotatable bonds is 5. The summed E-state index contributed by atoms with van der Waals surface area (Å²) in [5.41, 5.74) is -0.0404. The topological polar surface area (TPSA) is 111 Å². The van der Waals surface area contributed by atoms with Crippen molar-refractivity contribution in [2.75, 3.05) is 18.1 Å². The Hall–Kier alpha value is -2.48. The van der Waals surface area contributed by atoms with Crippen LogP contribution < -0.4 is 10.6 Å². The number of para-hydroxylation sites is 1. The molecule has 1 fully saturated rings. The molecule has 0 saturated carbocycles. The molecule has 4 N–H and O–H groups in total. The molecule has 0 bridgehead atoms. The predicted molar refractivity (Wildman–Crippen MR) is 91.1 cm³/mol. The molecule has 2 aromatic rings. The zero-order valence-corrected chi connectivity index (χ0v) is 13.6. The Bertz CT molecular complexity index is 762. The lowest BCUT2D eigenvalue weighted by atomic mass is 9.99. The minimum absolute atomic E-state index is 0.270. The second-order valence-corrected chi connectivity index (χ2v) is 6.80. The molecule has 3 rings (SSSR count). The molecule has 1 aliphatic heterocycles. The number of aromatic nitrogens is 1. The number of amides is 2. The lowest BCUT2D eigenvalue weighted by Crippen LogP contribution is -2.56. The average Bonchev–Trinajstić information content (AvgIpc) is 3.19. The van der Waals surface area contributed by atoms with Gasteiger partial charge < -0.3 is 20.7 Å². The normalized spacial score (nSPS) is 20.0. The van der Waals surface area contributed by atoms with Crippen LogP contribution in [-0.2, 0) is 9.59 Å². The van der Waals surface area contributed by atoms with Gasteiger partial charge in [0.05, 0.1) is 6.54 Å². The Balaban J connectivity index is 1.59. The number of carbonyl (C=O) groups excluding carboxylic acids is 2. The summed E-state index contributed by atoms with van der Waals surface area (Å²) in [6.07, 6.45) is 0.384. The van der Waals surface area contributed by atoms with Gasteiger partial charge in [-0.2, -0.15) is 11.8 Å². The SMILES string of the molecule is O=C(CNC(=O)c1cc2ccccc2[nH]1)NC1(C(=O)O)CCSC1. The first-order chi connectivity index (χ1) is 11.5. The van der Waals surface area contributed by atoms with Gasteiger partial charge in [-0.1, -0.05) is 18.2 Å². The molecular weight excluding hydrogens is 330 g/mol. The van der Waals surface area contributed by atoms with E-state index in [2.05, 4.69) is 15.6 Å². The highest BCUT2D eigenvalue weighted by atomic mass is 32.2. The third-order valence-electron chi connectivity index (χ3n) is 3.99. The number of carboxylic acid groups (broad SMARTS) is 1. The summed E-state index contributed by atoms with van der Waals surface area (Å²) >= 11 is 1.49. The van der Waals surface area contributed by atoms with Crippen LogP contribution in [0.15, 0.2) is 30.3 Å². The summed E-state index contributed by atoms with van der Waals surface area (Å²) in [4.78, 5) is 38.5. The van der Waals surface area contributed by atoms with Gasteiger partial charge in [0.25, 0.3) is 5.91 Å². The molecule has 2 heterocycles. The largest absolute Gasteiger partial charge is 0.479 e. The fraction of sp³-hybridized carbons (Fsp3) is 0.312. The number of thioether (sulfide) groups is 1. The maximum absolute atomic E-state index is 12.1. The lowest BCUT2D eigenvalue weighted by molar-refractivity contribution is -0.146. The quantitative estimate of drug-likeness (QED) is 0.644. The number of carboxylic acids is 1. The highest BCUT2D eigenvalue weighted by Gasteiger charge is 2.43. The van der Waals surface area contributed by atoms with Crippen molar-refractivity contribution < 1.29 is 19.5 Å². The number of fused-ring (bicyclic) bond motifs is 1. The summed E-state index contributed by atoms with van der Waals surface area (Å²) in [7, 11) is 0. The number of H-pyrrole nitrogens is 1. The van der Waals surface area contributed by atoms with E-state index in [-0.39, 0.29) is 6.54 Å². The molecule has 8 heteroatoms. The van der Waals surface area contributed by atoms with Crippen LogP contribution in [0.3, 0.4) is 0 Å². The lowest BCUT2D eigenvalue weighted by Gasteiger charge is -2.24. The molecule has 0 aliphatic carbocycles. The van der Waals surface area contributed by atoms with Crippen molar-refractivity contribution in [3.63, 3.8) is 0 Å². The number of aromatic amines is 1. The van der Waals surface area contributed by atoms with Gasteiger partial charge in [0.15, 0.2) is 0 Å². The fourth-order valence-electron chi connectivity index (χ4n) is 2.65. The van der Waals surface area contributed by atoms with E-state index >= 15 is 0 Å². The Labute approximate surface area is 142 Å². The Kier molecular flexibility index (Phi) is 4.48. The standard InChI is InChI=1S/C16H17N3O4S/c20-13(19-16(15(22)23)5-6-24-9-16)8-17-14(21)12-7-10-3-1-2-4-11(10)18-12/h1-4,7,18H,5-6,8-9H2,(H,17,21)(H,19,20)(H,22,23). The van der Waals surface area contributed by atoms with Crippen molar-refractivity contribution in [3.8, 4) is 0 Å². The fourth-order valence-corrected chi connectivity index (χ4v) is 3.97. The molecule has 1 atom stereocenters. The van der Waals surface area contributed by atoms with Gasteiger partial charge in [-0.15, -0.1) is 0 Å². The summed E-state index contributed by atoms with van der Waals surface area (Å²) in [5.74, 6) is -0.934. The summed E-state index contributed by atoms with van der Waals surface area (Å²) in [5, 5.41) is 15.3. The van der Waals surface area contributed by atoms with Crippen LogP contribution in [-0.4, -0.2) is 51.5 Å². The van der Waals surface area contributed by atoms with Gasteiger partial charge in [0.1, 0.15) is 11.2 Å². The number of hydrogen-bond donors (Lipinski definition) is 4. The Morgan fingerprint density at radius 3 is 2.75 bits per heavy atom. The van der Waals surface area contributed by atoms with E-state index in [0.29, 0.717) is 23.6 Å². The van der Waals surface area contributed by atoms with Crippen LogP contribution in [0.4, 0.5) is 0 Å². The predicted octanol–water partition coefficient (Wildman–Crippen LogP) is 0.974. The van der Waals surface area contributed by atoms with Gasteiger partial charge in [0.2, 0.25) is 5.91 Å². The van der Waals surface area contributed by atoms with E-state index in [1.165, 1.54) is 11.8 Å². The molecule has 126 valence electrons. The van der Waals surface area contributed by atoms with E-state index in [9.17, 15) is 19.5 Å². The average molecular weight is 347 g/mol. The maximum Gasteiger partial charge on any atom is 0.330 e. The molecule has 0 radical (unpaired) electrons. The highest BCUT2D eigenvalue weighted by Crippen LogP contribution is 2.28. The van der Waals surface area contributed by atoms with Crippen LogP contribution in [0.1, 0.15) is 16.9 Å². The number of benzene rings is 1. The second kappa shape index (κ2) is 6.56. The molecule has 7 nitrogen and oxygen atoms in total.